The highest BCUT2D eigenvalue weighted by Crippen LogP contribution is 2.28. The maximum absolute atomic E-state index is 12.9. The first-order valence-corrected chi connectivity index (χ1v) is 10.8. The van der Waals surface area contributed by atoms with Crippen LogP contribution in [-0.2, 0) is 26.0 Å². The van der Waals surface area contributed by atoms with Gasteiger partial charge in [0.05, 0.1) is 17.9 Å². The number of hydrogen-bond acceptors (Lipinski definition) is 5. The van der Waals surface area contributed by atoms with Crippen molar-refractivity contribution in [1.29, 1.82) is 0 Å². The highest BCUT2D eigenvalue weighted by molar-refractivity contribution is 7.89. The molecule has 0 amide bonds. The van der Waals surface area contributed by atoms with E-state index in [2.05, 4.69) is 0 Å². The van der Waals surface area contributed by atoms with Crippen molar-refractivity contribution in [2.45, 2.75) is 36.1 Å². The van der Waals surface area contributed by atoms with Crippen LogP contribution in [0.25, 0.3) is 0 Å². The van der Waals surface area contributed by atoms with Crippen molar-refractivity contribution in [3.63, 3.8) is 0 Å². The van der Waals surface area contributed by atoms with Crippen LogP contribution in [0.15, 0.2) is 59.5 Å². The molecule has 2 N–H and O–H groups in total. The number of methoxy groups -OCH3 is 1. The van der Waals surface area contributed by atoms with Crippen molar-refractivity contribution >= 4 is 16.0 Å². The molecule has 1 heterocycles. The quantitative estimate of drug-likeness (QED) is 0.718. The molecule has 0 aromatic heterocycles. The number of nitrogens with two attached hydrogens (primary N) is 1. The highest BCUT2D eigenvalue weighted by Gasteiger charge is 2.34. The van der Waals surface area contributed by atoms with Gasteiger partial charge in [-0.2, -0.15) is 4.31 Å². The van der Waals surface area contributed by atoms with Gasteiger partial charge < -0.3 is 10.5 Å². The Bertz CT molecular complexity index is 898. The Morgan fingerprint density at radius 3 is 2.46 bits per heavy atom. The molecule has 1 unspecified atom stereocenters. The number of rotatable bonds is 7. The van der Waals surface area contributed by atoms with Crippen LogP contribution >= 0.6 is 0 Å². The van der Waals surface area contributed by atoms with Gasteiger partial charge in [0.15, 0.2) is 0 Å². The molecule has 2 atom stereocenters. The van der Waals surface area contributed by atoms with Gasteiger partial charge in [0, 0.05) is 19.1 Å². The third-order valence-corrected chi connectivity index (χ3v) is 7.22. The van der Waals surface area contributed by atoms with Gasteiger partial charge in [0.2, 0.25) is 10.0 Å². The Labute approximate surface area is 166 Å². The molecule has 6 nitrogen and oxygen atoms in total. The van der Waals surface area contributed by atoms with Crippen molar-refractivity contribution in [3.05, 3.63) is 65.7 Å². The minimum Gasteiger partial charge on any atom is -0.469 e. The van der Waals surface area contributed by atoms with Crippen LogP contribution in [0, 0.1) is 0 Å². The number of carbonyl (C=O) groups is 1. The Kier molecular flexibility index (Phi) is 6.49. The molecule has 28 heavy (non-hydrogen) atoms. The highest BCUT2D eigenvalue weighted by atomic mass is 32.2. The summed E-state index contributed by atoms with van der Waals surface area (Å²) in [5.41, 5.74) is 7.47. The molecular formula is C21H26N2O4S. The van der Waals surface area contributed by atoms with Gasteiger partial charge >= 0.3 is 5.97 Å². The molecule has 0 aliphatic carbocycles. The molecule has 0 saturated carbocycles. The van der Waals surface area contributed by atoms with E-state index >= 15 is 0 Å². The molecule has 150 valence electrons. The zero-order valence-corrected chi connectivity index (χ0v) is 16.8. The normalized spacial score (nSPS) is 18.7. The summed E-state index contributed by atoms with van der Waals surface area (Å²) in [6, 6.07) is 16.1. The third kappa shape index (κ3) is 4.27. The largest absolute Gasteiger partial charge is 0.469 e. The maximum Gasteiger partial charge on any atom is 0.313 e. The van der Waals surface area contributed by atoms with E-state index in [0.29, 0.717) is 19.5 Å². The van der Waals surface area contributed by atoms with Crippen molar-refractivity contribution in [3.8, 4) is 0 Å². The minimum absolute atomic E-state index is 0.148. The van der Waals surface area contributed by atoms with E-state index in [1.54, 1.807) is 24.3 Å². The Morgan fingerprint density at radius 1 is 1.18 bits per heavy atom. The van der Waals surface area contributed by atoms with Gasteiger partial charge in [-0.3, -0.25) is 4.79 Å². The second-order valence-electron chi connectivity index (χ2n) is 6.98. The number of hydrogen-bond donors (Lipinski definition) is 1. The van der Waals surface area contributed by atoms with Crippen LogP contribution in [0.5, 0.6) is 0 Å². The number of sulfonamides is 1. The first-order chi connectivity index (χ1) is 13.5. The van der Waals surface area contributed by atoms with E-state index in [0.717, 1.165) is 24.0 Å². The molecule has 1 aliphatic rings. The zero-order valence-electron chi connectivity index (χ0n) is 16.0. The number of nitrogens with zero attached hydrogens (tertiary/aromatic N) is 1. The van der Waals surface area contributed by atoms with Crippen molar-refractivity contribution in [1.82, 2.24) is 4.31 Å². The van der Waals surface area contributed by atoms with Crippen molar-refractivity contribution in [2.24, 2.45) is 5.73 Å². The van der Waals surface area contributed by atoms with Crippen LogP contribution in [-0.4, -0.2) is 44.9 Å². The minimum atomic E-state index is -3.59. The Morgan fingerprint density at radius 2 is 1.86 bits per heavy atom. The summed E-state index contributed by atoms with van der Waals surface area (Å²) in [5.74, 6) is -0.838. The number of carbonyl (C=O) groups excluding carboxylic acids is 1. The van der Waals surface area contributed by atoms with E-state index in [1.807, 2.05) is 30.3 Å². The average Bonchev–Trinajstić information content (AvgIpc) is 3.22. The van der Waals surface area contributed by atoms with Gasteiger partial charge in [-0.25, -0.2) is 8.42 Å². The first kappa shape index (κ1) is 20.5. The van der Waals surface area contributed by atoms with Crippen molar-refractivity contribution in [2.75, 3.05) is 20.2 Å². The van der Waals surface area contributed by atoms with E-state index in [1.165, 1.54) is 11.4 Å². The second-order valence-corrected chi connectivity index (χ2v) is 8.87. The summed E-state index contributed by atoms with van der Waals surface area (Å²) >= 11 is 0. The number of benzene rings is 2. The number of esters is 1. The zero-order chi connectivity index (χ0) is 20.1. The molecule has 0 radical (unpaired) electrons. The standard InChI is InChI=1S/C21H26N2O4S/c1-27-21(24)20(14-16-6-3-2-4-7-16)17-9-11-19(12-10-17)28(25,26)23-13-5-8-18(23)15-22/h2-4,6-7,9-12,18,20H,5,8,13-15,22H2,1H3/t18-,20?/m1/s1. The summed E-state index contributed by atoms with van der Waals surface area (Å²) in [4.78, 5) is 12.5. The lowest BCUT2D eigenvalue weighted by molar-refractivity contribution is -0.142. The van der Waals surface area contributed by atoms with Gasteiger partial charge in [-0.15, -0.1) is 0 Å². The predicted molar refractivity (Wildman–Crippen MR) is 107 cm³/mol. The Balaban J connectivity index is 1.85. The fourth-order valence-corrected chi connectivity index (χ4v) is 5.40. The lowest BCUT2D eigenvalue weighted by Gasteiger charge is -2.23. The summed E-state index contributed by atoms with van der Waals surface area (Å²) in [5, 5.41) is 0. The van der Waals surface area contributed by atoms with Gasteiger partial charge in [-0.1, -0.05) is 42.5 Å². The summed E-state index contributed by atoms with van der Waals surface area (Å²) < 4.78 is 32.3. The molecule has 7 heteroatoms. The summed E-state index contributed by atoms with van der Waals surface area (Å²) in [7, 11) is -2.23. The maximum atomic E-state index is 12.9. The van der Waals surface area contributed by atoms with E-state index in [4.69, 9.17) is 10.5 Å². The topological polar surface area (TPSA) is 89.7 Å². The fourth-order valence-electron chi connectivity index (χ4n) is 3.70. The molecular weight excluding hydrogens is 376 g/mol. The molecule has 0 spiro atoms. The molecule has 1 aliphatic heterocycles. The molecule has 1 fully saturated rings. The van der Waals surface area contributed by atoms with E-state index in [9.17, 15) is 13.2 Å². The lowest BCUT2D eigenvalue weighted by atomic mass is 9.92. The molecule has 2 aromatic rings. The van der Waals surface area contributed by atoms with Crippen LogP contribution in [0.3, 0.4) is 0 Å². The lowest BCUT2D eigenvalue weighted by Crippen LogP contribution is -2.39. The average molecular weight is 403 g/mol. The second kappa shape index (κ2) is 8.86. The van der Waals surface area contributed by atoms with Crippen LogP contribution < -0.4 is 5.73 Å². The predicted octanol–water partition coefficient (Wildman–Crippen LogP) is 2.30. The van der Waals surface area contributed by atoms with Gasteiger partial charge in [0.25, 0.3) is 0 Å². The van der Waals surface area contributed by atoms with E-state index in [-0.39, 0.29) is 16.9 Å². The monoisotopic (exact) mass is 402 g/mol. The Hall–Kier alpha value is -2.22. The molecule has 0 bridgehead atoms. The van der Waals surface area contributed by atoms with Crippen LogP contribution in [0.2, 0.25) is 0 Å². The van der Waals surface area contributed by atoms with Crippen molar-refractivity contribution < 1.29 is 17.9 Å². The van der Waals surface area contributed by atoms with E-state index < -0.39 is 15.9 Å². The molecule has 3 rings (SSSR count). The van der Waals surface area contributed by atoms with Crippen LogP contribution in [0.1, 0.15) is 29.9 Å². The number of ether oxygens (including phenoxy) is 1. The SMILES string of the molecule is COC(=O)C(Cc1ccccc1)c1ccc(S(=O)(=O)N2CCC[C@@H]2CN)cc1. The van der Waals surface area contributed by atoms with Gasteiger partial charge in [-0.05, 0) is 42.5 Å². The molecule has 1 saturated heterocycles. The first-order valence-electron chi connectivity index (χ1n) is 9.41. The summed E-state index contributed by atoms with van der Waals surface area (Å²) in [6.45, 7) is 0.809. The molecule has 2 aromatic carbocycles. The fraction of sp³-hybridized carbons (Fsp3) is 0.381. The van der Waals surface area contributed by atoms with Crippen LogP contribution in [0.4, 0.5) is 0 Å². The smallest absolute Gasteiger partial charge is 0.313 e. The summed E-state index contributed by atoms with van der Waals surface area (Å²) in [6.07, 6.45) is 2.09. The third-order valence-electron chi connectivity index (χ3n) is 5.25. The van der Waals surface area contributed by atoms with Gasteiger partial charge in [0.1, 0.15) is 0 Å².